The van der Waals surface area contributed by atoms with Crippen LogP contribution in [0.2, 0.25) is 5.02 Å². The zero-order valence-corrected chi connectivity index (χ0v) is 21.8. The van der Waals surface area contributed by atoms with Gasteiger partial charge in [-0.1, -0.05) is 54.9 Å². The predicted molar refractivity (Wildman–Crippen MR) is 142 cm³/mol. The van der Waals surface area contributed by atoms with Crippen molar-refractivity contribution in [2.24, 2.45) is 0 Å². The molecular formula is C27H33ClN2O4S. The van der Waals surface area contributed by atoms with Crippen LogP contribution in [0.5, 0.6) is 5.75 Å². The standard InChI is InChI=1S/C22H22ClNO3S.C5H11NO/c1-2-16-27-22-11-7-6-8-18(22)17-24(20-9-4-3-5-10-20)28(25,26)21-14-12-19(23)13-15-21;1-6-3-2-5(7)4-6/h3-15H,2,16-17H2,1H3;5,7H,2-4H2,1H3. The predicted octanol–water partition coefficient (Wildman–Crippen LogP) is 5.21. The van der Waals surface area contributed by atoms with Gasteiger partial charge >= 0.3 is 0 Å². The normalized spacial score (nSPS) is 15.8. The average Bonchev–Trinajstić information content (AvgIpc) is 3.25. The molecule has 1 aliphatic heterocycles. The number of rotatable bonds is 8. The van der Waals surface area contributed by atoms with Gasteiger partial charge in [-0.05, 0) is 62.4 Å². The Labute approximate surface area is 213 Å². The van der Waals surface area contributed by atoms with E-state index in [1.54, 1.807) is 24.3 Å². The second kappa shape index (κ2) is 12.9. The minimum atomic E-state index is -3.79. The second-order valence-electron chi connectivity index (χ2n) is 8.46. The first kappa shape index (κ1) is 27.0. The Morgan fingerprint density at radius 3 is 2.26 bits per heavy atom. The van der Waals surface area contributed by atoms with Crippen molar-refractivity contribution >= 4 is 27.3 Å². The Bertz CT molecular complexity index is 1150. The quantitative estimate of drug-likeness (QED) is 0.445. The first-order chi connectivity index (χ1) is 16.8. The highest BCUT2D eigenvalue weighted by Crippen LogP contribution is 2.29. The van der Waals surface area contributed by atoms with Crippen molar-refractivity contribution in [2.45, 2.75) is 37.3 Å². The van der Waals surface area contributed by atoms with E-state index in [0.29, 0.717) is 23.1 Å². The molecule has 1 unspecified atom stereocenters. The van der Waals surface area contributed by atoms with E-state index in [1.807, 2.05) is 56.4 Å². The summed E-state index contributed by atoms with van der Waals surface area (Å²) in [6.45, 7) is 4.69. The summed E-state index contributed by atoms with van der Waals surface area (Å²) in [6, 6.07) is 22.8. The molecular weight excluding hydrogens is 484 g/mol. The zero-order chi connectivity index (χ0) is 25.3. The van der Waals surface area contributed by atoms with Crippen molar-refractivity contribution in [3.05, 3.63) is 89.4 Å². The van der Waals surface area contributed by atoms with Gasteiger partial charge in [-0.3, -0.25) is 4.31 Å². The van der Waals surface area contributed by atoms with Crippen molar-refractivity contribution in [3.63, 3.8) is 0 Å². The van der Waals surface area contributed by atoms with Crippen molar-refractivity contribution in [2.75, 3.05) is 31.0 Å². The summed E-state index contributed by atoms with van der Waals surface area (Å²) in [6.07, 6.45) is 1.78. The fourth-order valence-corrected chi connectivity index (χ4v) is 5.27. The maximum absolute atomic E-state index is 13.4. The lowest BCUT2D eigenvalue weighted by Gasteiger charge is -2.25. The minimum Gasteiger partial charge on any atom is -0.493 e. The number of nitrogens with zero attached hydrogens (tertiary/aromatic N) is 2. The summed E-state index contributed by atoms with van der Waals surface area (Å²) < 4.78 is 34.0. The summed E-state index contributed by atoms with van der Waals surface area (Å²) in [5.41, 5.74) is 1.39. The molecule has 0 bridgehead atoms. The Morgan fingerprint density at radius 1 is 1.03 bits per heavy atom. The van der Waals surface area contributed by atoms with Crippen molar-refractivity contribution in [3.8, 4) is 5.75 Å². The maximum Gasteiger partial charge on any atom is 0.264 e. The van der Waals surface area contributed by atoms with Crippen LogP contribution in [-0.4, -0.2) is 51.3 Å². The van der Waals surface area contributed by atoms with Crippen LogP contribution in [-0.2, 0) is 16.6 Å². The van der Waals surface area contributed by atoms with E-state index >= 15 is 0 Å². The van der Waals surface area contributed by atoms with E-state index in [1.165, 1.54) is 16.4 Å². The molecule has 188 valence electrons. The zero-order valence-electron chi connectivity index (χ0n) is 20.2. The Kier molecular flexibility index (Phi) is 9.98. The van der Waals surface area contributed by atoms with Crippen LogP contribution in [0, 0.1) is 0 Å². The smallest absolute Gasteiger partial charge is 0.264 e. The molecule has 0 amide bonds. The number of hydrogen-bond donors (Lipinski definition) is 1. The SMILES string of the molecule is CCCOc1ccccc1CN(c1ccccc1)S(=O)(=O)c1ccc(Cl)cc1.CN1CCC(O)C1. The molecule has 1 N–H and O–H groups in total. The van der Waals surface area contributed by atoms with Gasteiger partial charge in [-0.15, -0.1) is 0 Å². The van der Waals surface area contributed by atoms with Crippen LogP contribution >= 0.6 is 11.6 Å². The molecule has 0 aliphatic carbocycles. The number of halogens is 1. The lowest BCUT2D eigenvalue weighted by molar-refractivity contribution is 0.183. The fourth-order valence-electron chi connectivity index (χ4n) is 3.70. The lowest BCUT2D eigenvalue weighted by atomic mass is 10.2. The molecule has 1 heterocycles. The third-order valence-electron chi connectivity index (χ3n) is 5.56. The van der Waals surface area contributed by atoms with Gasteiger partial charge in [-0.25, -0.2) is 8.42 Å². The lowest BCUT2D eigenvalue weighted by Crippen LogP contribution is -2.30. The third-order valence-corrected chi connectivity index (χ3v) is 7.60. The summed E-state index contributed by atoms with van der Waals surface area (Å²) in [5, 5.41) is 9.35. The molecule has 1 aliphatic rings. The van der Waals surface area contributed by atoms with Crippen molar-refractivity contribution in [1.29, 1.82) is 0 Å². The Morgan fingerprint density at radius 2 is 1.69 bits per heavy atom. The summed E-state index contributed by atoms with van der Waals surface area (Å²) >= 11 is 5.93. The number of likely N-dealkylation sites (N-methyl/N-ethyl adjacent to an activating group) is 1. The molecule has 3 aromatic carbocycles. The fraction of sp³-hybridized carbons (Fsp3) is 0.333. The number of aliphatic hydroxyl groups excluding tert-OH is 1. The van der Waals surface area contributed by atoms with Gasteiger partial charge < -0.3 is 14.7 Å². The monoisotopic (exact) mass is 516 g/mol. The number of likely N-dealkylation sites (tertiary alicyclic amines) is 1. The van der Waals surface area contributed by atoms with E-state index in [0.717, 1.165) is 31.5 Å². The van der Waals surface area contributed by atoms with E-state index in [-0.39, 0.29) is 17.5 Å². The van der Waals surface area contributed by atoms with E-state index < -0.39 is 10.0 Å². The van der Waals surface area contributed by atoms with Crippen LogP contribution in [0.15, 0.2) is 83.8 Å². The second-order valence-corrected chi connectivity index (χ2v) is 10.8. The van der Waals surface area contributed by atoms with Crippen molar-refractivity contribution < 1.29 is 18.3 Å². The van der Waals surface area contributed by atoms with Gasteiger partial charge in [0.1, 0.15) is 5.75 Å². The molecule has 0 spiro atoms. The van der Waals surface area contributed by atoms with Crippen LogP contribution in [0.25, 0.3) is 0 Å². The topological polar surface area (TPSA) is 70.1 Å². The number of sulfonamides is 1. The van der Waals surface area contributed by atoms with Crippen LogP contribution < -0.4 is 9.04 Å². The van der Waals surface area contributed by atoms with Gasteiger partial charge in [-0.2, -0.15) is 0 Å². The van der Waals surface area contributed by atoms with E-state index in [4.69, 9.17) is 21.4 Å². The van der Waals surface area contributed by atoms with E-state index in [2.05, 4.69) is 4.90 Å². The van der Waals surface area contributed by atoms with Gasteiger partial charge in [0.25, 0.3) is 10.0 Å². The number of β-amino-alcohol motifs (C(OH)–C–C–N with tert-alkyl or cyclic N) is 1. The molecule has 1 saturated heterocycles. The number of ether oxygens (including phenoxy) is 1. The van der Waals surface area contributed by atoms with Gasteiger partial charge in [0.2, 0.25) is 0 Å². The number of para-hydroxylation sites is 2. The Balaban J connectivity index is 0.000000420. The number of hydrogen-bond acceptors (Lipinski definition) is 5. The summed E-state index contributed by atoms with van der Waals surface area (Å²) in [7, 11) is -1.76. The van der Waals surface area contributed by atoms with Gasteiger partial charge in [0.15, 0.2) is 0 Å². The number of anilines is 1. The minimum absolute atomic E-state index is 0.0509. The van der Waals surface area contributed by atoms with Gasteiger partial charge in [0.05, 0.1) is 29.8 Å². The van der Waals surface area contributed by atoms with Gasteiger partial charge in [0, 0.05) is 23.7 Å². The molecule has 0 radical (unpaired) electrons. The molecule has 8 heteroatoms. The molecule has 0 saturated carbocycles. The summed E-state index contributed by atoms with van der Waals surface area (Å²) in [5.74, 6) is 0.691. The largest absolute Gasteiger partial charge is 0.493 e. The maximum atomic E-state index is 13.4. The van der Waals surface area contributed by atoms with Crippen LogP contribution in [0.4, 0.5) is 5.69 Å². The average molecular weight is 517 g/mol. The molecule has 6 nitrogen and oxygen atoms in total. The first-order valence-corrected chi connectivity index (χ1v) is 13.5. The van der Waals surface area contributed by atoms with Crippen LogP contribution in [0.1, 0.15) is 25.3 Å². The summed E-state index contributed by atoms with van der Waals surface area (Å²) in [4.78, 5) is 2.32. The molecule has 3 aromatic rings. The highest BCUT2D eigenvalue weighted by atomic mass is 35.5. The first-order valence-electron chi connectivity index (χ1n) is 11.7. The molecule has 1 fully saturated rings. The highest BCUT2D eigenvalue weighted by Gasteiger charge is 2.26. The van der Waals surface area contributed by atoms with Crippen LogP contribution in [0.3, 0.4) is 0 Å². The number of benzene rings is 3. The Hall–Kier alpha value is -2.58. The molecule has 1 atom stereocenters. The molecule has 0 aromatic heterocycles. The third kappa shape index (κ3) is 7.70. The van der Waals surface area contributed by atoms with E-state index in [9.17, 15) is 8.42 Å². The molecule has 4 rings (SSSR count). The highest BCUT2D eigenvalue weighted by molar-refractivity contribution is 7.92. The number of aliphatic hydroxyl groups is 1. The van der Waals surface area contributed by atoms with Crippen molar-refractivity contribution in [1.82, 2.24) is 4.90 Å². The molecule has 35 heavy (non-hydrogen) atoms.